The van der Waals surface area contributed by atoms with E-state index in [9.17, 15) is 13.2 Å². The standard InChI is InChI=1S/C11H15F3N2O/c1-16(2)7-4-5-8(9(6-7)17-3)10(15)11(12,13)14/h4-6,10H,15H2,1-3H3/t10-/m1/s1. The minimum atomic E-state index is -4.48. The number of rotatable bonds is 3. The number of hydrogen-bond acceptors (Lipinski definition) is 3. The van der Waals surface area contributed by atoms with Crippen molar-refractivity contribution in [1.82, 2.24) is 0 Å². The van der Waals surface area contributed by atoms with E-state index < -0.39 is 12.2 Å². The fourth-order valence-corrected chi connectivity index (χ4v) is 1.41. The molecule has 0 saturated carbocycles. The molecule has 0 radical (unpaired) electrons. The minimum absolute atomic E-state index is 0.0643. The molecule has 0 aliphatic rings. The van der Waals surface area contributed by atoms with Gasteiger partial charge >= 0.3 is 6.18 Å². The number of nitrogens with two attached hydrogens (primary N) is 1. The average molecular weight is 248 g/mol. The van der Waals surface area contributed by atoms with E-state index in [1.54, 1.807) is 25.1 Å². The first kappa shape index (κ1) is 13.6. The first-order valence-corrected chi connectivity index (χ1v) is 4.95. The Hall–Kier alpha value is -1.43. The highest BCUT2D eigenvalue weighted by molar-refractivity contribution is 5.53. The molecule has 0 aliphatic heterocycles. The minimum Gasteiger partial charge on any atom is -0.496 e. The summed E-state index contributed by atoms with van der Waals surface area (Å²) in [4.78, 5) is 1.77. The van der Waals surface area contributed by atoms with Gasteiger partial charge in [-0.1, -0.05) is 6.07 Å². The molecule has 0 fully saturated rings. The lowest BCUT2D eigenvalue weighted by Gasteiger charge is -2.21. The van der Waals surface area contributed by atoms with Crippen molar-refractivity contribution in [2.75, 3.05) is 26.1 Å². The maximum Gasteiger partial charge on any atom is 0.407 e. The number of halogens is 3. The summed E-state index contributed by atoms with van der Waals surface area (Å²) in [6.07, 6.45) is -4.48. The maximum atomic E-state index is 12.5. The Labute approximate surface area is 98.0 Å². The van der Waals surface area contributed by atoms with Crippen LogP contribution >= 0.6 is 0 Å². The molecule has 0 bridgehead atoms. The second-order valence-corrected chi connectivity index (χ2v) is 3.84. The van der Waals surface area contributed by atoms with Crippen LogP contribution in [0.15, 0.2) is 18.2 Å². The van der Waals surface area contributed by atoms with Crippen LogP contribution in [0, 0.1) is 0 Å². The lowest BCUT2D eigenvalue weighted by molar-refractivity contribution is -0.149. The Balaban J connectivity index is 3.17. The first-order valence-electron chi connectivity index (χ1n) is 4.95. The Kier molecular flexibility index (Phi) is 3.87. The summed E-state index contributed by atoms with van der Waals surface area (Å²) in [5.74, 6) is 0.140. The van der Waals surface area contributed by atoms with E-state index in [2.05, 4.69) is 0 Å². The summed E-state index contributed by atoms with van der Waals surface area (Å²) in [6, 6.07) is 2.41. The van der Waals surface area contributed by atoms with Gasteiger partial charge in [-0.05, 0) is 6.07 Å². The van der Waals surface area contributed by atoms with Gasteiger partial charge in [0, 0.05) is 31.4 Å². The maximum absolute atomic E-state index is 12.5. The van der Waals surface area contributed by atoms with Gasteiger partial charge in [0.05, 0.1) is 7.11 Å². The van der Waals surface area contributed by atoms with Crippen molar-refractivity contribution in [2.45, 2.75) is 12.2 Å². The Morgan fingerprint density at radius 2 is 1.88 bits per heavy atom. The van der Waals surface area contributed by atoms with Crippen molar-refractivity contribution in [3.8, 4) is 5.75 Å². The SMILES string of the molecule is COc1cc(N(C)C)ccc1[C@@H](N)C(F)(F)F. The van der Waals surface area contributed by atoms with Crippen LogP contribution < -0.4 is 15.4 Å². The number of hydrogen-bond donors (Lipinski definition) is 1. The zero-order valence-corrected chi connectivity index (χ0v) is 9.88. The molecule has 1 rings (SSSR count). The highest BCUT2D eigenvalue weighted by Crippen LogP contribution is 2.36. The zero-order valence-electron chi connectivity index (χ0n) is 9.88. The van der Waals surface area contributed by atoms with Gasteiger partial charge in [0.25, 0.3) is 0 Å². The normalized spacial score (nSPS) is 13.4. The highest BCUT2D eigenvalue weighted by atomic mass is 19.4. The van der Waals surface area contributed by atoms with E-state index in [4.69, 9.17) is 10.5 Å². The van der Waals surface area contributed by atoms with Gasteiger partial charge in [0.1, 0.15) is 11.8 Å². The van der Waals surface area contributed by atoms with Gasteiger partial charge in [0.2, 0.25) is 0 Å². The smallest absolute Gasteiger partial charge is 0.407 e. The fourth-order valence-electron chi connectivity index (χ4n) is 1.41. The van der Waals surface area contributed by atoms with Gasteiger partial charge in [-0.2, -0.15) is 13.2 Å². The summed E-state index contributed by atoms with van der Waals surface area (Å²) in [7, 11) is 4.90. The van der Waals surface area contributed by atoms with Crippen molar-refractivity contribution < 1.29 is 17.9 Å². The van der Waals surface area contributed by atoms with Crippen LogP contribution in [0.5, 0.6) is 5.75 Å². The number of ether oxygens (including phenoxy) is 1. The fraction of sp³-hybridized carbons (Fsp3) is 0.455. The number of alkyl halides is 3. The molecule has 0 saturated heterocycles. The van der Waals surface area contributed by atoms with Crippen molar-refractivity contribution >= 4 is 5.69 Å². The predicted molar refractivity (Wildman–Crippen MR) is 60.3 cm³/mol. The molecule has 1 atom stereocenters. The van der Waals surface area contributed by atoms with E-state index in [0.717, 1.165) is 5.69 Å². The molecular formula is C11H15F3N2O. The molecule has 0 aromatic heterocycles. The predicted octanol–water partition coefficient (Wildman–Crippen LogP) is 2.32. The lowest BCUT2D eigenvalue weighted by atomic mass is 10.1. The zero-order chi connectivity index (χ0) is 13.2. The monoisotopic (exact) mass is 248 g/mol. The quantitative estimate of drug-likeness (QED) is 0.892. The van der Waals surface area contributed by atoms with Crippen molar-refractivity contribution in [2.24, 2.45) is 5.73 Å². The number of anilines is 1. The molecule has 96 valence electrons. The first-order chi connectivity index (χ1) is 7.77. The number of methoxy groups -OCH3 is 1. The number of benzene rings is 1. The van der Waals surface area contributed by atoms with Crippen LogP contribution in [-0.2, 0) is 0 Å². The van der Waals surface area contributed by atoms with E-state index in [1.165, 1.54) is 19.2 Å². The Morgan fingerprint density at radius 3 is 2.29 bits per heavy atom. The molecule has 0 aliphatic carbocycles. The lowest BCUT2D eigenvalue weighted by Crippen LogP contribution is -2.28. The summed E-state index contributed by atoms with van der Waals surface area (Å²) >= 11 is 0. The summed E-state index contributed by atoms with van der Waals surface area (Å²) in [6.45, 7) is 0. The van der Waals surface area contributed by atoms with Crippen LogP contribution in [0.2, 0.25) is 0 Å². The molecule has 1 aromatic carbocycles. The summed E-state index contributed by atoms with van der Waals surface area (Å²) in [5, 5.41) is 0. The molecule has 6 heteroatoms. The summed E-state index contributed by atoms with van der Waals surface area (Å²) in [5.41, 5.74) is 5.84. The molecular weight excluding hydrogens is 233 g/mol. The van der Waals surface area contributed by atoms with Crippen molar-refractivity contribution in [3.05, 3.63) is 23.8 Å². The molecule has 0 unspecified atom stereocenters. The van der Waals surface area contributed by atoms with E-state index in [0.29, 0.717) is 0 Å². The molecule has 0 spiro atoms. The topological polar surface area (TPSA) is 38.5 Å². The Bertz CT molecular complexity index is 391. The average Bonchev–Trinajstić information content (AvgIpc) is 2.25. The van der Waals surface area contributed by atoms with Gasteiger partial charge in [-0.15, -0.1) is 0 Å². The van der Waals surface area contributed by atoms with E-state index in [1.807, 2.05) is 0 Å². The molecule has 0 amide bonds. The second kappa shape index (κ2) is 4.83. The third kappa shape index (κ3) is 3.03. The van der Waals surface area contributed by atoms with E-state index in [-0.39, 0.29) is 11.3 Å². The number of nitrogens with zero attached hydrogens (tertiary/aromatic N) is 1. The van der Waals surface area contributed by atoms with Crippen LogP contribution in [0.3, 0.4) is 0 Å². The van der Waals surface area contributed by atoms with Gasteiger partial charge in [0.15, 0.2) is 0 Å². The Morgan fingerprint density at radius 1 is 1.29 bits per heavy atom. The molecule has 3 nitrogen and oxygen atoms in total. The molecule has 0 heterocycles. The molecule has 1 aromatic rings. The molecule has 17 heavy (non-hydrogen) atoms. The third-order valence-electron chi connectivity index (χ3n) is 2.42. The van der Waals surface area contributed by atoms with Crippen LogP contribution in [0.1, 0.15) is 11.6 Å². The van der Waals surface area contributed by atoms with Crippen LogP contribution in [0.25, 0.3) is 0 Å². The molecule has 2 N–H and O–H groups in total. The van der Waals surface area contributed by atoms with Crippen LogP contribution in [-0.4, -0.2) is 27.4 Å². The third-order valence-corrected chi connectivity index (χ3v) is 2.42. The van der Waals surface area contributed by atoms with E-state index >= 15 is 0 Å². The van der Waals surface area contributed by atoms with Gasteiger partial charge < -0.3 is 15.4 Å². The van der Waals surface area contributed by atoms with Crippen molar-refractivity contribution in [1.29, 1.82) is 0 Å². The second-order valence-electron chi connectivity index (χ2n) is 3.84. The van der Waals surface area contributed by atoms with Crippen LogP contribution in [0.4, 0.5) is 18.9 Å². The highest BCUT2D eigenvalue weighted by Gasteiger charge is 2.39. The van der Waals surface area contributed by atoms with Gasteiger partial charge in [-0.25, -0.2) is 0 Å². The van der Waals surface area contributed by atoms with Gasteiger partial charge in [-0.3, -0.25) is 0 Å². The largest absolute Gasteiger partial charge is 0.496 e. The van der Waals surface area contributed by atoms with Crippen molar-refractivity contribution in [3.63, 3.8) is 0 Å². The summed E-state index contributed by atoms with van der Waals surface area (Å²) < 4.78 is 42.5.